The van der Waals surface area contributed by atoms with Crippen LogP contribution in [-0.4, -0.2) is 17.6 Å². The number of nitrogens with zero attached hydrogens (tertiary/aromatic N) is 1. The summed E-state index contributed by atoms with van der Waals surface area (Å²) in [7, 11) is 0. The molecule has 4 nitrogen and oxygen atoms in total. The Morgan fingerprint density at radius 3 is 1.72 bits per heavy atom. The highest BCUT2D eigenvalue weighted by Crippen LogP contribution is 2.39. The van der Waals surface area contributed by atoms with Gasteiger partial charge in [-0.2, -0.15) is 0 Å². The number of anilines is 1. The highest BCUT2D eigenvalue weighted by atomic mass is 16.5. The lowest BCUT2D eigenvalue weighted by Gasteiger charge is -2.37. The van der Waals surface area contributed by atoms with E-state index in [2.05, 4.69) is 41.7 Å². The molecule has 160 valence electrons. The van der Waals surface area contributed by atoms with Crippen LogP contribution in [0.4, 0.5) is 5.82 Å². The number of carbonyl (C=O) groups excluding carboxylic acids is 1. The molecule has 4 aromatic rings. The van der Waals surface area contributed by atoms with Crippen LogP contribution in [0.15, 0.2) is 109 Å². The summed E-state index contributed by atoms with van der Waals surface area (Å²) >= 11 is 0. The molecule has 1 heterocycles. The van der Waals surface area contributed by atoms with Crippen molar-refractivity contribution in [1.29, 1.82) is 0 Å². The maximum absolute atomic E-state index is 12.0. The molecule has 0 aliphatic carbocycles. The number of hydrogen-bond acceptors (Lipinski definition) is 4. The highest BCUT2D eigenvalue weighted by molar-refractivity contribution is 5.72. The number of rotatable bonds is 8. The van der Waals surface area contributed by atoms with Crippen molar-refractivity contribution < 1.29 is 9.53 Å². The Hall–Kier alpha value is -3.92. The second-order valence-electron chi connectivity index (χ2n) is 7.47. The Labute approximate surface area is 188 Å². The summed E-state index contributed by atoms with van der Waals surface area (Å²) in [6.45, 7) is 2.16. The number of pyridine rings is 1. The zero-order chi connectivity index (χ0) is 22.2. The van der Waals surface area contributed by atoms with Gasteiger partial charge in [-0.15, -0.1) is 0 Å². The second kappa shape index (κ2) is 9.92. The lowest BCUT2D eigenvalue weighted by Crippen LogP contribution is -2.38. The van der Waals surface area contributed by atoms with Crippen molar-refractivity contribution in [2.24, 2.45) is 0 Å². The van der Waals surface area contributed by atoms with Crippen LogP contribution in [0.25, 0.3) is 0 Å². The van der Waals surface area contributed by atoms with Crippen molar-refractivity contribution in [3.8, 4) is 0 Å². The first-order valence-electron chi connectivity index (χ1n) is 10.8. The highest BCUT2D eigenvalue weighted by Gasteiger charge is 2.36. The van der Waals surface area contributed by atoms with E-state index >= 15 is 0 Å². The number of nitrogens with one attached hydrogen (secondary N) is 1. The van der Waals surface area contributed by atoms with Crippen molar-refractivity contribution in [1.82, 2.24) is 4.98 Å². The smallest absolute Gasteiger partial charge is 0.311 e. The molecule has 0 radical (unpaired) electrons. The third-order valence-electron chi connectivity index (χ3n) is 5.37. The van der Waals surface area contributed by atoms with Crippen LogP contribution in [0.1, 0.15) is 29.3 Å². The van der Waals surface area contributed by atoms with Gasteiger partial charge in [0.2, 0.25) is 0 Å². The van der Waals surface area contributed by atoms with Crippen molar-refractivity contribution in [2.45, 2.75) is 18.9 Å². The molecular formula is C28H26N2O2. The third-order valence-corrected chi connectivity index (χ3v) is 5.37. The Kier molecular flexibility index (Phi) is 6.61. The molecule has 0 unspecified atom stereocenters. The lowest BCUT2D eigenvalue weighted by molar-refractivity contribution is -0.142. The molecule has 0 spiro atoms. The molecule has 0 atom stereocenters. The fraction of sp³-hybridized carbons (Fsp3) is 0.143. The molecule has 0 bridgehead atoms. The van der Waals surface area contributed by atoms with Gasteiger partial charge in [0, 0.05) is 0 Å². The second-order valence-corrected chi connectivity index (χ2v) is 7.47. The van der Waals surface area contributed by atoms with Gasteiger partial charge in [0.05, 0.1) is 18.7 Å². The van der Waals surface area contributed by atoms with Crippen molar-refractivity contribution in [3.63, 3.8) is 0 Å². The minimum Gasteiger partial charge on any atom is -0.466 e. The average Bonchev–Trinajstić information content (AvgIpc) is 2.84. The van der Waals surface area contributed by atoms with Gasteiger partial charge in [-0.3, -0.25) is 4.79 Å². The quantitative estimate of drug-likeness (QED) is 0.297. The predicted octanol–water partition coefficient (Wildman–Crippen LogP) is 5.59. The Morgan fingerprint density at radius 2 is 1.25 bits per heavy atom. The summed E-state index contributed by atoms with van der Waals surface area (Å²) in [6, 6.07) is 36.7. The summed E-state index contributed by atoms with van der Waals surface area (Å²) in [5.74, 6) is 0.404. The largest absolute Gasteiger partial charge is 0.466 e. The Morgan fingerprint density at radius 1 is 0.750 bits per heavy atom. The number of ether oxygens (including phenoxy) is 1. The van der Waals surface area contributed by atoms with Gasteiger partial charge in [-0.05, 0) is 35.7 Å². The minimum atomic E-state index is -0.667. The predicted molar refractivity (Wildman–Crippen MR) is 127 cm³/mol. The first kappa shape index (κ1) is 21.3. The van der Waals surface area contributed by atoms with E-state index in [9.17, 15) is 4.79 Å². The van der Waals surface area contributed by atoms with E-state index < -0.39 is 5.54 Å². The van der Waals surface area contributed by atoms with E-state index in [-0.39, 0.29) is 12.4 Å². The molecular weight excluding hydrogens is 396 g/mol. The van der Waals surface area contributed by atoms with Crippen LogP contribution in [0, 0.1) is 0 Å². The zero-order valence-electron chi connectivity index (χ0n) is 18.1. The van der Waals surface area contributed by atoms with Gasteiger partial charge in [-0.1, -0.05) is 97.1 Å². The number of benzene rings is 3. The molecule has 3 aromatic carbocycles. The topological polar surface area (TPSA) is 51.2 Å². The maximum atomic E-state index is 12.0. The first-order valence-corrected chi connectivity index (χ1v) is 10.8. The van der Waals surface area contributed by atoms with Crippen LogP contribution in [-0.2, 0) is 21.5 Å². The van der Waals surface area contributed by atoms with Gasteiger partial charge in [0.1, 0.15) is 11.4 Å². The third kappa shape index (κ3) is 4.54. The molecule has 1 N–H and O–H groups in total. The maximum Gasteiger partial charge on any atom is 0.311 e. The monoisotopic (exact) mass is 422 g/mol. The summed E-state index contributed by atoms with van der Waals surface area (Å²) in [6.07, 6.45) is 0.137. The fourth-order valence-corrected chi connectivity index (χ4v) is 3.98. The molecule has 0 aliphatic rings. The Balaban J connectivity index is 1.85. The van der Waals surface area contributed by atoms with E-state index in [0.29, 0.717) is 18.1 Å². The van der Waals surface area contributed by atoms with E-state index in [1.54, 1.807) is 6.92 Å². The van der Waals surface area contributed by atoms with Crippen LogP contribution in [0.2, 0.25) is 0 Å². The van der Waals surface area contributed by atoms with Crippen molar-refractivity contribution >= 4 is 11.8 Å². The summed E-state index contributed by atoms with van der Waals surface area (Å²) < 4.78 is 5.10. The van der Waals surface area contributed by atoms with Gasteiger partial charge < -0.3 is 10.1 Å². The fourth-order valence-electron chi connectivity index (χ4n) is 3.98. The van der Waals surface area contributed by atoms with Gasteiger partial charge >= 0.3 is 5.97 Å². The molecule has 32 heavy (non-hydrogen) atoms. The lowest BCUT2D eigenvalue weighted by atomic mass is 9.77. The number of esters is 1. The van der Waals surface area contributed by atoms with Gasteiger partial charge in [-0.25, -0.2) is 4.98 Å². The van der Waals surface area contributed by atoms with Gasteiger partial charge in [0.15, 0.2) is 0 Å². The molecule has 0 amide bonds. The number of aromatic nitrogens is 1. The summed E-state index contributed by atoms with van der Waals surface area (Å²) in [5, 5.41) is 3.72. The van der Waals surface area contributed by atoms with Crippen LogP contribution < -0.4 is 5.32 Å². The van der Waals surface area contributed by atoms with Crippen LogP contribution >= 0.6 is 0 Å². The standard InChI is InChI=1S/C28H26N2O2/c1-2-32-27(31)21-25-19-12-20-26(29-25)30-28(22-13-6-3-7-14-22,23-15-8-4-9-16-23)24-17-10-5-11-18-24/h3-20H,2,21H2,1H3,(H,29,30). The molecule has 0 aliphatic heterocycles. The molecule has 0 fully saturated rings. The first-order chi connectivity index (χ1) is 15.7. The van der Waals surface area contributed by atoms with E-state index in [0.717, 1.165) is 16.7 Å². The normalized spacial score (nSPS) is 11.0. The Bertz CT molecular complexity index is 1050. The molecule has 0 saturated carbocycles. The van der Waals surface area contributed by atoms with E-state index in [1.165, 1.54) is 0 Å². The summed E-state index contributed by atoms with van der Waals surface area (Å²) in [4.78, 5) is 16.7. The molecule has 0 saturated heterocycles. The van der Waals surface area contributed by atoms with E-state index in [1.807, 2.05) is 72.8 Å². The molecule has 1 aromatic heterocycles. The minimum absolute atomic E-state index is 0.137. The number of carbonyl (C=O) groups is 1. The SMILES string of the molecule is CCOC(=O)Cc1cccc(NC(c2ccccc2)(c2ccccc2)c2ccccc2)n1. The van der Waals surface area contributed by atoms with Gasteiger partial charge in [0.25, 0.3) is 0 Å². The zero-order valence-corrected chi connectivity index (χ0v) is 18.1. The van der Waals surface area contributed by atoms with Crippen LogP contribution in [0.5, 0.6) is 0 Å². The average molecular weight is 423 g/mol. The molecule has 4 heteroatoms. The van der Waals surface area contributed by atoms with Crippen molar-refractivity contribution in [3.05, 3.63) is 132 Å². The summed E-state index contributed by atoms with van der Waals surface area (Å²) in [5.41, 5.74) is 3.27. The van der Waals surface area contributed by atoms with Crippen LogP contribution in [0.3, 0.4) is 0 Å². The number of hydrogen-bond donors (Lipinski definition) is 1. The molecule has 4 rings (SSSR count). The van der Waals surface area contributed by atoms with E-state index in [4.69, 9.17) is 9.72 Å². The van der Waals surface area contributed by atoms with Crippen molar-refractivity contribution in [2.75, 3.05) is 11.9 Å².